The van der Waals surface area contributed by atoms with Crippen molar-refractivity contribution in [1.82, 2.24) is 25.8 Å². The molecule has 0 saturated carbocycles. The van der Waals surface area contributed by atoms with Crippen molar-refractivity contribution in [3.63, 3.8) is 0 Å². The van der Waals surface area contributed by atoms with E-state index in [2.05, 4.69) is 51.2 Å². The van der Waals surface area contributed by atoms with Crippen LogP contribution >= 0.6 is 11.3 Å². The van der Waals surface area contributed by atoms with E-state index in [0.717, 1.165) is 80.5 Å². The number of thiophene rings is 1. The van der Waals surface area contributed by atoms with Crippen molar-refractivity contribution in [2.75, 3.05) is 61.3 Å². The van der Waals surface area contributed by atoms with E-state index in [4.69, 9.17) is 20.2 Å². The van der Waals surface area contributed by atoms with Gasteiger partial charge >= 0.3 is 0 Å². The molecule has 1 unspecified atom stereocenters. The summed E-state index contributed by atoms with van der Waals surface area (Å²) in [5.74, 6) is 2.01. The van der Waals surface area contributed by atoms with Crippen molar-refractivity contribution in [2.45, 2.75) is 31.6 Å². The lowest BCUT2D eigenvalue weighted by Crippen LogP contribution is -2.51. The molecule has 11 nitrogen and oxygen atoms in total. The minimum absolute atomic E-state index is 0.149. The lowest BCUT2D eigenvalue weighted by Gasteiger charge is -2.41. The predicted molar refractivity (Wildman–Crippen MR) is 154 cm³/mol. The van der Waals surface area contributed by atoms with Crippen LogP contribution in [-0.2, 0) is 16.6 Å². The number of nitrogen functional groups attached to an aromatic ring is 1. The SMILES string of the molecule is C=CC(=O)NCC1CN(c2cc(-c3noc(C4(C)CCCc5sc(N)c(C#N)c54)n3)nc(N3CCNCC3)c2)C1. The van der Waals surface area contributed by atoms with Crippen LogP contribution in [0.15, 0.2) is 29.3 Å². The van der Waals surface area contributed by atoms with Crippen LogP contribution in [0.4, 0.5) is 16.5 Å². The summed E-state index contributed by atoms with van der Waals surface area (Å²) in [5, 5.41) is 21.1. The van der Waals surface area contributed by atoms with E-state index >= 15 is 0 Å². The molecule has 2 fully saturated rings. The number of pyridine rings is 1. The normalized spacial score (nSPS) is 20.9. The Labute approximate surface area is 237 Å². The molecule has 40 heavy (non-hydrogen) atoms. The maximum Gasteiger partial charge on any atom is 0.243 e. The minimum atomic E-state index is -0.586. The number of nitrogens with one attached hydrogen (secondary N) is 2. The number of carbonyl (C=O) groups excluding carboxylic acids is 1. The summed E-state index contributed by atoms with van der Waals surface area (Å²) in [7, 11) is 0. The number of nitrogens with two attached hydrogens (primary N) is 1. The fourth-order valence-corrected chi connectivity index (χ4v) is 7.13. The lowest BCUT2D eigenvalue weighted by molar-refractivity contribution is -0.116. The first kappa shape index (κ1) is 26.3. The second kappa shape index (κ2) is 10.6. The summed E-state index contributed by atoms with van der Waals surface area (Å²) in [5.41, 5.74) is 8.77. The fourth-order valence-electron chi connectivity index (χ4n) is 5.94. The third kappa shape index (κ3) is 4.69. The van der Waals surface area contributed by atoms with Gasteiger partial charge in [-0.1, -0.05) is 11.7 Å². The summed E-state index contributed by atoms with van der Waals surface area (Å²) in [6, 6.07) is 6.44. The summed E-state index contributed by atoms with van der Waals surface area (Å²) in [6.45, 7) is 11.4. The first-order valence-corrected chi connectivity index (χ1v) is 14.5. The van der Waals surface area contributed by atoms with Crippen molar-refractivity contribution < 1.29 is 9.32 Å². The lowest BCUT2D eigenvalue weighted by atomic mass is 9.72. The number of rotatable bonds is 7. The zero-order valence-corrected chi connectivity index (χ0v) is 23.4. The standard InChI is InChI=1S/C28H33N9O2S/c1-3-23(38)32-14-17-15-37(16-17)18-11-20(33-22(12-18)36-9-7-31-8-10-36)26-34-27(39-35-26)28(2)6-4-5-21-24(28)19(13-29)25(30)40-21/h3,11-12,17,31H,1,4-10,14-16,30H2,2H3,(H,32,38). The number of piperazine rings is 1. The maximum atomic E-state index is 11.6. The second-order valence-electron chi connectivity index (χ2n) is 10.9. The van der Waals surface area contributed by atoms with E-state index < -0.39 is 5.41 Å². The molecular weight excluding hydrogens is 526 g/mol. The van der Waals surface area contributed by atoms with Crippen LogP contribution in [0.2, 0.25) is 0 Å². The molecular formula is C28H33N9O2S. The Kier molecular flexibility index (Phi) is 6.93. The van der Waals surface area contributed by atoms with E-state index in [1.54, 1.807) is 0 Å². The fraction of sp³-hybridized carbons (Fsp3) is 0.464. The molecule has 3 aromatic heterocycles. The number of hydrogen-bond donors (Lipinski definition) is 3. The first-order chi connectivity index (χ1) is 19.4. The first-order valence-electron chi connectivity index (χ1n) is 13.7. The van der Waals surface area contributed by atoms with E-state index in [1.807, 2.05) is 6.07 Å². The predicted octanol–water partition coefficient (Wildman–Crippen LogP) is 2.44. The van der Waals surface area contributed by atoms with Gasteiger partial charge in [-0.15, -0.1) is 11.3 Å². The van der Waals surface area contributed by atoms with E-state index in [-0.39, 0.29) is 5.91 Å². The summed E-state index contributed by atoms with van der Waals surface area (Å²) in [6.07, 6.45) is 3.95. The van der Waals surface area contributed by atoms with Crippen LogP contribution in [0.5, 0.6) is 0 Å². The molecule has 0 spiro atoms. The molecule has 0 aromatic carbocycles. The third-order valence-corrected chi connectivity index (χ3v) is 9.27. The van der Waals surface area contributed by atoms with Crippen LogP contribution in [0.3, 0.4) is 0 Å². The van der Waals surface area contributed by atoms with E-state index in [9.17, 15) is 10.1 Å². The highest BCUT2D eigenvalue weighted by molar-refractivity contribution is 7.16. The number of fused-ring (bicyclic) bond motifs is 1. The van der Waals surface area contributed by atoms with Crippen molar-refractivity contribution >= 4 is 33.8 Å². The van der Waals surface area contributed by atoms with E-state index in [1.165, 1.54) is 17.4 Å². The highest BCUT2D eigenvalue weighted by atomic mass is 32.1. The number of aromatic nitrogens is 3. The number of hydrogen-bond acceptors (Lipinski definition) is 11. The number of anilines is 3. The number of amides is 1. The van der Waals surface area contributed by atoms with Gasteiger partial charge in [-0.2, -0.15) is 10.2 Å². The van der Waals surface area contributed by atoms with Gasteiger partial charge in [0.25, 0.3) is 0 Å². The average Bonchev–Trinajstić information content (AvgIpc) is 3.58. The molecule has 12 heteroatoms. The second-order valence-corrected chi connectivity index (χ2v) is 12.0. The zero-order valence-electron chi connectivity index (χ0n) is 22.6. The van der Waals surface area contributed by atoms with Crippen LogP contribution in [0.1, 0.15) is 41.7 Å². The van der Waals surface area contributed by atoms with Gasteiger partial charge in [-0.05, 0) is 38.3 Å². The smallest absolute Gasteiger partial charge is 0.243 e. The Morgan fingerprint density at radius 3 is 2.90 bits per heavy atom. The summed E-state index contributed by atoms with van der Waals surface area (Å²) < 4.78 is 5.90. The Morgan fingerprint density at radius 1 is 1.35 bits per heavy atom. The zero-order chi connectivity index (χ0) is 27.9. The van der Waals surface area contributed by atoms with Crippen LogP contribution < -0.4 is 26.2 Å². The number of nitriles is 1. The van der Waals surface area contributed by atoms with Gasteiger partial charge in [0.05, 0.1) is 11.0 Å². The maximum absolute atomic E-state index is 11.6. The molecule has 2 saturated heterocycles. The monoisotopic (exact) mass is 559 g/mol. The number of carbonyl (C=O) groups is 1. The minimum Gasteiger partial charge on any atom is -0.389 e. The Hall–Kier alpha value is -3.95. The Morgan fingerprint density at radius 2 is 2.15 bits per heavy atom. The Balaban J connectivity index is 1.31. The molecule has 0 radical (unpaired) electrons. The molecule has 4 N–H and O–H groups in total. The van der Waals surface area contributed by atoms with Crippen molar-refractivity contribution in [3.8, 4) is 17.6 Å². The molecule has 1 atom stereocenters. The highest BCUT2D eigenvalue weighted by Gasteiger charge is 2.43. The summed E-state index contributed by atoms with van der Waals surface area (Å²) in [4.78, 5) is 27.1. The molecule has 0 bridgehead atoms. The van der Waals surface area contributed by atoms with Crippen LogP contribution in [-0.4, -0.2) is 66.8 Å². The average molecular weight is 560 g/mol. The molecule has 2 aliphatic heterocycles. The van der Waals surface area contributed by atoms with E-state index in [0.29, 0.717) is 40.4 Å². The quantitative estimate of drug-likeness (QED) is 0.369. The van der Waals surface area contributed by atoms with Crippen molar-refractivity contribution in [1.29, 1.82) is 5.26 Å². The van der Waals surface area contributed by atoms with Gasteiger partial charge in [-0.25, -0.2) is 4.98 Å². The molecule has 1 amide bonds. The van der Waals surface area contributed by atoms with Gasteiger partial charge in [0.2, 0.25) is 17.6 Å². The van der Waals surface area contributed by atoms with Crippen molar-refractivity contribution in [3.05, 3.63) is 46.7 Å². The third-order valence-electron chi connectivity index (χ3n) is 8.19. The molecule has 208 valence electrons. The van der Waals surface area contributed by atoms with Crippen molar-refractivity contribution in [2.24, 2.45) is 5.92 Å². The van der Waals surface area contributed by atoms with Gasteiger partial charge in [0.1, 0.15) is 22.6 Å². The number of aryl methyl sites for hydroxylation is 1. The number of nitrogens with zero attached hydrogens (tertiary/aromatic N) is 6. The Bertz CT molecular complexity index is 1480. The molecule has 5 heterocycles. The van der Waals surface area contributed by atoms with Gasteiger partial charge in [-0.3, -0.25) is 4.79 Å². The van der Waals surface area contributed by atoms with Crippen LogP contribution in [0.25, 0.3) is 11.5 Å². The van der Waals surface area contributed by atoms with Gasteiger partial charge < -0.3 is 30.7 Å². The molecule has 6 rings (SSSR count). The topological polar surface area (TPSA) is 149 Å². The van der Waals surface area contributed by atoms with Crippen LogP contribution in [0, 0.1) is 17.2 Å². The molecule has 1 aliphatic carbocycles. The highest BCUT2D eigenvalue weighted by Crippen LogP contribution is 2.48. The van der Waals surface area contributed by atoms with Gasteiger partial charge in [0.15, 0.2) is 0 Å². The summed E-state index contributed by atoms with van der Waals surface area (Å²) >= 11 is 1.49. The molecule has 3 aromatic rings. The van der Waals surface area contributed by atoms with Gasteiger partial charge in [0, 0.05) is 73.9 Å². The molecule has 3 aliphatic rings. The largest absolute Gasteiger partial charge is 0.389 e.